The highest BCUT2D eigenvalue weighted by molar-refractivity contribution is 5.01. The van der Waals surface area contributed by atoms with Crippen LogP contribution in [0, 0.1) is 29.6 Å². The van der Waals surface area contributed by atoms with Crippen LogP contribution in [0.25, 0.3) is 0 Å². The van der Waals surface area contributed by atoms with Crippen molar-refractivity contribution in [3.8, 4) is 0 Å². The number of halogens is 3. The molecule has 4 aliphatic carbocycles. The fourth-order valence-electron chi connectivity index (χ4n) is 5.33. The van der Waals surface area contributed by atoms with Crippen LogP contribution in [0.15, 0.2) is 0 Å². The van der Waals surface area contributed by atoms with E-state index in [9.17, 15) is 13.2 Å². The Balaban J connectivity index is 1.66. The molecule has 0 aromatic rings. The SMILES string of the molecule is NNC(CCC(F)(F)F)C1C2CC3CC(C2)CC1C3. The first-order valence-electron chi connectivity index (χ1n) is 7.49. The van der Waals surface area contributed by atoms with Gasteiger partial charge in [0.2, 0.25) is 0 Å². The van der Waals surface area contributed by atoms with E-state index in [1.54, 1.807) is 0 Å². The molecule has 0 heterocycles. The van der Waals surface area contributed by atoms with Crippen molar-refractivity contribution < 1.29 is 13.2 Å². The second kappa shape index (κ2) is 4.92. The lowest BCUT2D eigenvalue weighted by Crippen LogP contribution is -2.54. The van der Waals surface area contributed by atoms with Gasteiger partial charge in [-0.05, 0) is 68.1 Å². The molecular weight excluding hydrogens is 253 g/mol. The second-order valence-corrected chi connectivity index (χ2v) is 6.94. The maximum absolute atomic E-state index is 12.4. The predicted octanol–water partition coefficient (Wildman–Crippen LogP) is 3.23. The van der Waals surface area contributed by atoms with Gasteiger partial charge >= 0.3 is 6.18 Å². The Morgan fingerprint density at radius 1 is 1.00 bits per heavy atom. The van der Waals surface area contributed by atoms with Gasteiger partial charge in [-0.25, -0.2) is 0 Å². The van der Waals surface area contributed by atoms with Gasteiger partial charge < -0.3 is 0 Å². The summed E-state index contributed by atoms with van der Waals surface area (Å²) < 4.78 is 37.2. The molecule has 19 heavy (non-hydrogen) atoms. The Bertz CT molecular complexity index is 301. The first-order valence-corrected chi connectivity index (χ1v) is 7.49. The Labute approximate surface area is 112 Å². The summed E-state index contributed by atoms with van der Waals surface area (Å²) in [6, 6.07) is -0.156. The van der Waals surface area contributed by atoms with Crippen LogP contribution in [0.3, 0.4) is 0 Å². The van der Waals surface area contributed by atoms with Crippen LogP contribution in [-0.4, -0.2) is 12.2 Å². The molecule has 110 valence electrons. The summed E-state index contributed by atoms with van der Waals surface area (Å²) in [6.07, 6.45) is 1.61. The average Bonchev–Trinajstić information content (AvgIpc) is 2.30. The third-order valence-corrected chi connectivity index (χ3v) is 5.72. The number of hydrogen-bond donors (Lipinski definition) is 2. The number of rotatable bonds is 4. The Kier molecular flexibility index (Phi) is 3.54. The van der Waals surface area contributed by atoms with Gasteiger partial charge in [0.05, 0.1) is 0 Å². The van der Waals surface area contributed by atoms with Gasteiger partial charge in [0.25, 0.3) is 0 Å². The average molecular weight is 276 g/mol. The van der Waals surface area contributed by atoms with E-state index >= 15 is 0 Å². The summed E-state index contributed by atoms with van der Waals surface area (Å²) >= 11 is 0. The van der Waals surface area contributed by atoms with Crippen LogP contribution in [0.2, 0.25) is 0 Å². The van der Waals surface area contributed by atoms with Crippen LogP contribution in [-0.2, 0) is 0 Å². The molecular formula is C14H23F3N2. The number of nitrogens with one attached hydrogen (secondary N) is 1. The first kappa shape index (κ1) is 13.7. The molecule has 3 N–H and O–H groups in total. The van der Waals surface area contributed by atoms with E-state index < -0.39 is 12.6 Å². The molecule has 2 nitrogen and oxygen atoms in total. The second-order valence-electron chi connectivity index (χ2n) is 6.94. The molecule has 4 saturated carbocycles. The highest BCUT2D eigenvalue weighted by Crippen LogP contribution is 2.57. The quantitative estimate of drug-likeness (QED) is 0.611. The lowest BCUT2D eigenvalue weighted by molar-refractivity contribution is -0.140. The zero-order valence-electron chi connectivity index (χ0n) is 11.1. The molecule has 4 fully saturated rings. The minimum Gasteiger partial charge on any atom is -0.271 e. The number of hydrazine groups is 1. The third kappa shape index (κ3) is 2.77. The van der Waals surface area contributed by atoms with Crippen molar-refractivity contribution in [2.24, 2.45) is 35.4 Å². The molecule has 0 saturated heterocycles. The molecule has 0 radical (unpaired) electrons. The monoisotopic (exact) mass is 276 g/mol. The summed E-state index contributed by atoms with van der Waals surface area (Å²) in [4.78, 5) is 0. The van der Waals surface area contributed by atoms with E-state index in [1.807, 2.05) is 0 Å². The molecule has 4 rings (SSSR count). The van der Waals surface area contributed by atoms with Gasteiger partial charge in [-0.15, -0.1) is 0 Å². The summed E-state index contributed by atoms with van der Waals surface area (Å²) in [6.45, 7) is 0. The number of nitrogens with two attached hydrogens (primary N) is 1. The van der Waals surface area contributed by atoms with Crippen molar-refractivity contribution in [1.29, 1.82) is 0 Å². The van der Waals surface area contributed by atoms with Crippen molar-refractivity contribution in [1.82, 2.24) is 5.43 Å². The van der Waals surface area contributed by atoms with Gasteiger partial charge in [0.15, 0.2) is 0 Å². The topological polar surface area (TPSA) is 38.0 Å². The molecule has 4 bridgehead atoms. The van der Waals surface area contributed by atoms with E-state index in [4.69, 9.17) is 5.84 Å². The Morgan fingerprint density at radius 3 is 1.95 bits per heavy atom. The third-order valence-electron chi connectivity index (χ3n) is 5.72. The summed E-state index contributed by atoms with van der Waals surface area (Å²) in [5, 5.41) is 0. The smallest absolute Gasteiger partial charge is 0.271 e. The summed E-state index contributed by atoms with van der Waals surface area (Å²) in [5.41, 5.74) is 2.70. The zero-order valence-corrected chi connectivity index (χ0v) is 11.1. The lowest BCUT2D eigenvalue weighted by atomic mass is 9.50. The minimum atomic E-state index is -4.07. The molecule has 0 aromatic carbocycles. The normalized spacial score (nSPS) is 42.6. The number of hydrogen-bond acceptors (Lipinski definition) is 2. The molecule has 1 unspecified atom stereocenters. The van der Waals surface area contributed by atoms with Crippen LogP contribution in [0.1, 0.15) is 44.9 Å². The van der Waals surface area contributed by atoms with Crippen LogP contribution in [0.5, 0.6) is 0 Å². The first-order chi connectivity index (χ1) is 8.96. The van der Waals surface area contributed by atoms with Crippen LogP contribution in [0.4, 0.5) is 13.2 Å². The van der Waals surface area contributed by atoms with E-state index in [2.05, 4.69) is 5.43 Å². The maximum Gasteiger partial charge on any atom is 0.389 e. The molecule has 5 heteroatoms. The highest BCUT2D eigenvalue weighted by atomic mass is 19.4. The van der Waals surface area contributed by atoms with Gasteiger partial charge in [0, 0.05) is 12.5 Å². The number of alkyl halides is 3. The highest BCUT2D eigenvalue weighted by Gasteiger charge is 2.50. The molecule has 0 amide bonds. The lowest BCUT2D eigenvalue weighted by Gasteiger charge is -2.56. The van der Waals surface area contributed by atoms with Crippen molar-refractivity contribution in [2.45, 2.75) is 57.2 Å². The minimum absolute atomic E-state index is 0.132. The molecule has 4 aliphatic rings. The van der Waals surface area contributed by atoms with E-state index in [-0.39, 0.29) is 12.5 Å². The van der Waals surface area contributed by atoms with Crippen molar-refractivity contribution in [3.05, 3.63) is 0 Å². The molecule has 0 spiro atoms. The Morgan fingerprint density at radius 2 is 1.53 bits per heavy atom. The van der Waals surface area contributed by atoms with Crippen molar-refractivity contribution >= 4 is 0 Å². The van der Waals surface area contributed by atoms with E-state index in [0.717, 1.165) is 11.8 Å². The molecule has 0 aromatic heterocycles. The fraction of sp³-hybridized carbons (Fsp3) is 1.00. The van der Waals surface area contributed by atoms with Crippen molar-refractivity contribution in [3.63, 3.8) is 0 Å². The van der Waals surface area contributed by atoms with Crippen molar-refractivity contribution in [2.75, 3.05) is 0 Å². The summed E-state index contributed by atoms with van der Waals surface area (Å²) in [7, 11) is 0. The van der Waals surface area contributed by atoms with Gasteiger partial charge in [-0.1, -0.05) is 0 Å². The zero-order chi connectivity index (χ0) is 13.6. The predicted molar refractivity (Wildman–Crippen MR) is 66.9 cm³/mol. The molecule has 0 aliphatic heterocycles. The van der Waals surface area contributed by atoms with Crippen LogP contribution < -0.4 is 11.3 Å². The van der Waals surface area contributed by atoms with Gasteiger partial charge in [-0.2, -0.15) is 13.2 Å². The Hall–Kier alpha value is -0.290. The maximum atomic E-state index is 12.4. The molecule has 1 atom stereocenters. The standard InChI is InChI=1S/C14H23F3N2/c15-14(16,17)2-1-12(19-18)13-10-4-8-3-9(6-10)7-11(13)5-8/h8-13,19H,1-7,18H2. The summed E-state index contributed by atoms with van der Waals surface area (Å²) in [5.74, 6) is 8.87. The largest absolute Gasteiger partial charge is 0.389 e. The van der Waals surface area contributed by atoms with Gasteiger partial charge in [-0.3, -0.25) is 11.3 Å². The van der Waals surface area contributed by atoms with Crippen LogP contribution >= 0.6 is 0 Å². The van der Waals surface area contributed by atoms with Gasteiger partial charge in [0.1, 0.15) is 0 Å². The fourth-order valence-corrected chi connectivity index (χ4v) is 5.33. The van der Waals surface area contributed by atoms with E-state index in [1.165, 1.54) is 32.1 Å². The van der Waals surface area contributed by atoms with E-state index in [0.29, 0.717) is 17.8 Å².